The van der Waals surface area contributed by atoms with Crippen molar-refractivity contribution < 1.29 is 0 Å². The van der Waals surface area contributed by atoms with E-state index < -0.39 is 0 Å². The number of hydrogen-bond donors (Lipinski definition) is 1. The van der Waals surface area contributed by atoms with Crippen molar-refractivity contribution in [2.24, 2.45) is 5.92 Å². The first-order chi connectivity index (χ1) is 8.70. The highest BCUT2D eigenvalue weighted by Crippen LogP contribution is 2.28. The van der Waals surface area contributed by atoms with Gasteiger partial charge in [-0.25, -0.2) is 0 Å². The fraction of sp³-hybridized carbons (Fsp3) is 0.625. The molecular formula is C16H26N2. The second-order valence-electron chi connectivity index (χ2n) is 5.61. The summed E-state index contributed by atoms with van der Waals surface area (Å²) in [5, 5.41) is 0. The molecule has 1 aromatic carbocycles. The third-order valence-electron chi connectivity index (χ3n) is 4.31. The highest BCUT2D eigenvalue weighted by molar-refractivity contribution is 5.40. The summed E-state index contributed by atoms with van der Waals surface area (Å²) in [6.07, 6.45) is 5.47. The molecule has 1 saturated heterocycles. The van der Waals surface area contributed by atoms with Gasteiger partial charge in [-0.05, 0) is 56.5 Å². The maximum absolute atomic E-state index is 5.74. The zero-order valence-corrected chi connectivity index (χ0v) is 11.7. The molecular weight excluding hydrogens is 220 g/mol. The van der Waals surface area contributed by atoms with Crippen LogP contribution in [0.15, 0.2) is 24.3 Å². The summed E-state index contributed by atoms with van der Waals surface area (Å²) < 4.78 is 0. The molecule has 2 N–H and O–H groups in total. The number of hydrogen-bond acceptors (Lipinski definition) is 2. The van der Waals surface area contributed by atoms with Crippen LogP contribution >= 0.6 is 0 Å². The molecule has 100 valence electrons. The molecule has 1 aliphatic rings. The Morgan fingerprint density at radius 3 is 2.39 bits per heavy atom. The number of rotatable bonds is 4. The van der Waals surface area contributed by atoms with Crippen LogP contribution in [0.1, 0.15) is 51.1 Å². The molecule has 1 aromatic rings. The summed E-state index contributed by atoms with van der Waals surface area (Å²) in [5.41, 5.74) is 7.98. The van der Waals surface area contributed by atoms with Gasteiger partial charge in [-0.15, -0.1) is 0 Å². The first kappa shape index (κ1) is 13.4. The number of piperidine rings is 1. The molecule has 0 radical (unpaired) electrons. The number of nitrogens with zero attached hydrogens (tertiary/aromatic N) is 1. The van der Waals surface area contributed by atoms with Crippen LogP contribution in [0, 0.1) is 5.92 Å². The SMILES string of the molecule is CCCC1CCN(C(C)c2ccc(N)cc2)CC1. The second-order valence-corrected chi connectivity index (χ2v) is 5.61. The van der Waals surface area contributed by atoms with Crippen LogP contribution in [-0.4, -0.2) is 18.0 Å². The van der Waals surface area contributed by atoms with Crippen molar-refractivity contribution in [3.63, 3.8) is 0 Å². The molecule has 0 aliphatic carbocycles. The maximum atomic E-state index is 5.74. The van der Waals surface area contributed by atoms with Gasteiger partial charge in [-0.2, -0.15) is 0 Å². The van der Waals surface area contributed by atoms with E-state index in [2.05, 4.69) is 30.9 Å². The molecule has 2 rings (SSSR count). The van der Waals surface area contributed by atoms with E-state index in [1.54, 1.807) is 0 Å². The van der Waals surface area contributed by atoms with Crippen LogP contribution < -0.4 is 5.73 Å². The summed E-state index contributed by atoms with van der Waals surface area (Å²) in [6.45, 7) is 7.10. The Morgan fingerprint density at radius 2 is 1.83 bits per heavy atom. The van der Waals surface area contributed by atoms with Gasteiger partial charge in [0.15, 0.2) is 0 Å². The fourth-order valence-corrected chi connectivity index (χ4v) is 3.02. The Hall–Kier alpha value is -1.02. The van der Waals surface area contributed by atoms with Gasteiger partial charge < -0.3 is 5.73 Å². The van der Waals surface area contributed by atoms with Crippen molar-refractivity contribution in [1.82, 2.24) is 4.90 Å². The highest BCUT2D eigenvalue weighted by Gasteiger charge is 2.22. The summed E-state index contributed by atoms with van der Waals surface area (Å²) in [4.78, 5) is 2.61. The van der Waals surface area contributed by atoms with E-state index in [0.29, 0.717) is 6.04 Å². The smallest absolute Gasteiger partial charge is 0.0319 e. The lowest BCUT2D eigenvalue weighted by molar-refractivity contribution is 0.137. The van der Waals surface area contributed by atoms with Crippen LogP contribution in [0.25, 0.3) is 0 Å². The zero-order valence-electron chi connectivity index (χ0n) is 11.7. The first-order valence-corrected chi connectivity index (χ1v) is 7.30. The average molecular weight is 246 g/mol. The molecule has 0 saturated carbocycles. The molecule has 0 spiro atoms. The molecule has 1 unspecified atom stereocenters. The van der Waals surface area contributed by atoms with Gasteiger partial charge in [-0.1, -0.05) is 31.9 Å². The van der Waals surface area contributed by atoms with E-state index in [9.17, 15) is 0 Å². The van der Waals surface area contributed by atoms with Crippen molar-refractivity contribution in [3.8, 4) is 0 Å². The van der Waals surface area contributed by atoms with E-state index in [0.717, 1.165) is 11.6 Å². The number of nitrogens with two attached hydrogens (primary N) is 1. The highest BCUT2D eigenvalue weighted by atomic mass is 15.2. The van der Waals surface area contributed by atoms with Crippen LogP contribution in [0.2, 0.25) is 0 Å². The van der Waals surface area contributed by atoms with Crippen molar-refractivity contribution >= 4 is 5.69 Å². The molecule has 1 aliphatic heterocycles. The van der Waals surface area contributed by atoms with E-state index in [-0.39, 0.29) is 0 Å². The minimum Gasteiger partial charge on any atom is -0.399 e. The standard InChI is InChI=1S/C16H26N2/c1-3-4-14-9-11-18(12-10-14)13(2)15-5-7-16(17)8-6-15/h5-8,13-14H,3-4,9-12,17H2,1-2H3. The predicted octanol–water partition coefficient (Wildman–Crippen LogP) is 3.84. The first-order valence-electron chi connectivity index (χ1n) is 7.30. The van der Waals surface area contributed by atoms with E-state index in [1.165, 1.54) is 44.3 Å². The van der Waals surface area contributed by atoms with Crippen LogP contribution in [0.4, 0.5) is 5.69 Å². The Kier molecular flexibility index (Phi) is 4.65. The lowest BCUT2D eigenvalue weighted by Crippen LogP contribution is -2.35. The van der Waals surface area contributed by atoms with Gasteiger partial charge in [0.05, 0.1) is 0 Å². The number of likely N-dealkylation sites (tertiary alicyclic amines) is 1. The van der Waals surface area contributed by atoms with Gasteiger partial charge in [0.25, 0.3) is 0 Å². The van der Waals surface area contributed by atoms with Gasteiger partial charge in [0, 0.05) is 11.7 Å². The van der Waals surface area contributed by atoms with Crippen molar-refractivity contribution in [2.45, 2.75) is 45.6 Å². The lowest BCUT2D eigenvalue weighted by Gasteiger charge is -2.36. The fourth-order valence-electron chi connectivity index (χ4n) is 3.02. The van der Waals surface area contributed by atoms with E-state index >= 15 is 0 Å². The number of nitrogen functional groups attached to an aromatic ring is 1. The average Bonchev–Trinajstić information content (AvgIpc) is 2.40. The summed E-state index contributed by atoms with van der Waals surface area (Å²) >= 11 is 0. The summed E-state index contributed by atoms with van der Waals surface area (Å²) in [7, 11) is 0. The molecule has 1 fully saturated rings. The number of benzene rings is 1. The third-order valence-corrected chi connectivity index (χ3v) is 4.31. The minimum absolute atomic E-state index is 0.521. The molecule has 1 atom stereocenters. The molecule has 2 heteroatoms. The largest absolute Gasteiger partial charge is 0.399 e. The van der Waals surface area contributed by atoms with Gasteiger partial charge in [0.2, 0.25) is 0 Å². The van der Waals surface area contributed by atoms with Gasteiger partial charge in [-0.3, -0.25) is 4.90 Å². The normalized spacial score (nSPS) is 19.9. The minimum atomic E-state index is 0.521. The Bertz CT molecular complexity index is 350. The molecule has 0 amide bonds. The second kappa shape index (κ2) is 6.24. The maximum Gasteiger partial charge on any atom is 0.0319 e. The Balaban J connectivity index is 1.91. The predicted molar refractivity (Wildman–Crippen MR) is 78.5 cm³/mol. The van der Waals surface area contributed by atoms with Crippen molar-refractivity contribution in [1.29, 1.82) is 0 Å². The van der Waals surface area contributed by atoms with E-state index in [1.807, 2.05) is 12.1 Å². The molecule has 1 heterocycles. The molecule has 2 nitrogen and oxygen atoms in total. The van der Waals surface area contributed by atoms with Crippen molar-refractivity contribution in [3.05, 3.63) is 29.8 Å². The third kappa shape index (κ3) is 3.26. The van der Waals surface area contributed by atoms with E-state index in [4.69, 9.17) is 5.73 Å². The van der Waals surface area contributed by atoms with Crippen LogP contribution in [0.5, 0.6) is 0 Å². The van der Waals surface area contributed by atoms with Gasteiger partial charge in [0.1, 0.15) is 0 Å². The monoisotopic (exact) mass is 246 g/mol. The quantitative estimate of drug-likeness (QED) is 0.818. The number of anilines is 1. The summed E-state index contributed by atoms with van der Waals surface area (Å²) in [6, 6.07) is 8.87. The van der Waals surface area contributed by atoms with Crippen LogP contribution in [0.3, 0.4) is 0 Å². The zero-order chi connectivity index (χ0) is 13.0. The van der Waals surface area contributed by atoms with Crippen molar-refractivity contribution in [2.75, 3.05) is 18.8 Å². The topological polar surface area (TPSA) is 29.3 Å². The molecule has 0 aromatic heterocycles. The molecule has 18 heavy (non-hydrogen) atoms. The van der Waals surface area contributed by atoms with Crippen LogP contribution in [-0.2, 0) is 0 Å². The Labute approximate surface area is 111 Å². The summed E-state index contributed by atoms with van der Waals surface area (Å²) in [5.74, 6) is 0.963. The lowest BCUT2D eigenvalue weighted by atomic mass is 9.91. The van der Waals surface area contributed by atoms with Gasteiger partial charge >= 0.3 is 0 Å². The molecule has 0 bridgehead atoms. The Morgan fingerprint density at radius 1 is 1.22 bits per heavy atom.